The van der Waals surface area contributed by atoms with Crippen molar-refractivity contribution >= 4 is 8.80 Å². The summed E-state index contributed by atoms with van der Waals surface area (Å²) in [6.07, 6.45) is 2.39. The van der Waals surface area contributed by atoms with E-state index in [0.717, 1.165) is 6.42 Å². The third kappa shape index (κ3) is 9.78. The van der Waals surface area contributed by atoms with Gasteiger partial charge in [0.25, 0.3) is 0 Å². The van der Waals surface area contributed by atoms with Gasteiger partial charge in [-0.15, -0.1) is 5.92 Å². The molecule has 1 radical (unpaired) electrons. The van der Waals surface area contributed by atoms with Crippen LogP contribution in [0.25, 0.3) is 0 Å². The van der Waals surface area contributed by atoms with Crippen LogP contribution in [0.3, 0.4) is 0 Å². The Morgan fingerprint density at radius 2 is 1.75 bits per heavy atom. The van der Waals surface area contributed by atoms with Crippen molar-refractivity contribution in [2.24, 2.45) is 5.41 Å². The Bertz CT molecular complexity index is 164. The molecule has 0 amide bonds. The molecule has 0 aromatic carbocycles. The summed E-state index contributed by atoms with van der Waals surface area (Å²) in [5, 5.41) is 0. The predicted molar refractivity (Wildman–Crippen MR) is 58.8 cm³/mol. The van der Waals surface area contributed by atoms with Gasteiger partial charge in [-0.3, -0.25) is 0 Å². The molecular weight excluding hydrogens is 160 g/mol. The van der Waals surface area contributed by atoms with Gasteiger partial charge < -0.3 is 0 Å². The molecule has 0 N–H and O–H groups in total. The second-order valence-corrected chi connectivity index (χ2v) is 7.53. The first-order chi connectivity index (χ1) is 5.42. The minimum Gasteiger partial charge on any atom is -0.103 e. The number of hydrogen-bond acceptors (Lipinski definition) is 0. The molecule has 0 fully saturated rings. The molecule has 0 aromatic heterocycles. The zero-order chi connectivity index (χ0) is 9.61. The average molecular weight is 181 g/mol. The molecule has 1 heteroatoms. The fourth-order valence-electron chi connectivity index (χ4n) is 0.858. The molecule has 0 spiro atoms. The van der Waals surface area contributed by atoms with Gasteiger partial charge in [-0.1, -0.05) is 25.1 Å². The van der Waals surface area contributed by atoms with Crippen LogP contribution in [0.4, 0.5) is 0 Å². The van der Waals surface area contributed by atoms with E-state index in [2.05, 4.69) is 45.7 Å². The van der Waals surface area contributed by atoms with E-state index in [-0.39, 0.29) is 14.2 Å². The van der Waals surface area contributed by atoms with Crippen LogP contribution in [-0.2, 0) is 0 Å². The Balaban J connectivity index is 3.47. The number of hydrogen-bond donors (Lipinski definition) is 0. The van der Waals surface area contributed by atoms with E-state index in [1.54, 1.807) is 0 Å². The van der Waals surface area contributed by atoms with E-state index in [4.69, 9.17) is 0 Å². The molecule has 0 aliphatic carbocycles. The van der Waals surface area contributed by atoms with Crippen LogP contribution < -0.4 is 0 Å². The lowest BCUT2D eigenvalue weighted by molar-refractivity contribution is 0.570. The molecule has 12 heavy (non-hydrogen) atoms. The van der Waals surface area contributed by atoms with E-state index >= 15 is 0 Å². The maximum Gasteiger partial charge on any atom is 0.0413 e. The van der Waals surface area contributed by atoms with Crippen LogP contribution >= 0.6 is 0 Å². The Labute approximate surface area is 79.4 Å². The summed E-state index contributed by atoms with van der Waals surface area (Å²) in [6, 6.07) is 1.41. The molecule has 0 heterocycles. The fourth-order valence-corrected chi connectivity index (χ4v) is 1.74. The molecule has 0 aliphatic heterocycles. The largest absolute Gasteiger partial charge is 0.103 e. The van der Waals surface area contributed by atoms with Gasteiger partial charge in [-0.25, -0.2) is 0 Å². The monoisotopic (exact) mass is 181 g/mol. The normalized spacial score (nSPS) is 11.2. The Hall–Kier alpha value is -0.223. The van der Waals surface area contributed by atoms with Crippen LogP contribution in [0.15, 0.2) is 0 Å². The Morgan fingerprint density at radius 3 is 2.17 bits per heavy atom. The summed E-state index contributed by atoms with van der Waals surface area (Å²) in [4.78, 5) is 0. The van der Waals surface area contributed by atoms with Gasteiger partial charge >= 0.3 is 0 Å². The smallest absolute Gasteiger partial charge is 0.0413 e. The highest BCUT2D eigenvalue weighted by Crippen LogP contribution is 2.10. The molecule has 0 aliphatic rings. The third-order valence-electron chi connectivity index (χ3n) is 1.44. The van der Waals surface area contributed by atoms with Crippen molar-refractivity contribution < 1.29 is 0 Å². The summed E-state index contributed by atoms with van der Waals surface area (Å²) in [7, 11) is -0.0179. The van der Waals surface area contributed by atoms with E-state index in [9.17, 15) is 0 Å². The maximum absolute atomic E-state index is 3.26. The van der Waals surface area contributed by atoms with Crippen molar-refractivity contribution in [1.29, 1.82) is 0 Å². The van der Waals surface area contributed by atoms with Crippen molar-refractivity contribution in [1.82, 2.24) is 0 Å². The molecular formula is C11H21Si. The number of unbranched alkanes of at least 4 members (excludes halogenated alkanes) is 1. The van der Waals surface area contributed by atoms with Crippen molar-refractivity contribution in [3.63, 3.8) is 0 Å². The van der Waals surface area contributed by atoms with Gasteiger partial charge in [0.1, 0.15) is 0 Å². The van der Waals surface area contributed by atoms with E-state index < -0.39 is 0 Å². The van der Waals surface area contributed by atoms with Gasteiger partial charge in [0.15, 0.2) is 0 Å². The van der Waals surface area contributed by atoms with E-state index in [1.807, 2.05) is 0 Å². The van der Waals surface area contributed by atoms with Crippen molar-refractivity contribution in [2.45, 2.75) is 52.8 Å². The van der Waals surface area contributed by atoms with Crippen LogP contribution in [-0.4, -0.2) is 8.80 Å². The van der Waals surface area contributed by atoms with Gasteiger partial charge in [-0.05, 0) is 27.2 Å². The summed E-state index contributed by atoms with van der Waals surface area (Å²) in [5.41, 5.74) is 0.187. The first-order valence-electron chi connectivity index (χ1n) is 4.71. The van der Waals surface area contributed by atoms with Crippen molar-refractivity contribution in [3.8, 4) is 11.8 Å². The number of rotatable bonds is 3. The molecule has 0 nitrogen and oxygen atoms in total. The molecule has 0 atom stereocenters. The highest BCUT2D eigenvalue weighted by atomic mass is 28.3. The zero-order valence-electron chi connectivity index (χ0n) is 9.12. The third-order valence-corrected chi connectivity index (χ3v) is 2.80. The second-order valence-electron chi connectivity index (χ2n) is 4.61. The minimum atomic E-state index is -0.0179. The van der Waals surface area contributed by atoms with Crippen LogP contribution in [0.2, 0.25) is 19.1 Å². The maximum atomic E-state index is 3.26. The average Bonchev–Trinajstić information content (AvgIpc) is 1.83. The predicted octanol–water partition coefficient (Wildman–Crippen LogP) is 3.57. The first-order valence-corrected chi connectivity index (χ1v) is 7.41. The standard InChI is InChI=1S/C11H21Si/c1-11(2,3)9-7-6-8-10-12(4)5/h6,8,10H2,1-5H3. The summed E-state index contributed by atoms with van der Waals surface area (Å²) >= 11 is 0. The van der Waals surface area contributed by atoms with Gasteiger partial charge in [-0.2, -0.15) is 0 Å². The van der Waals surface area contributed by atoms with E-state index in [1.165, 1.54) is 12.5 Å². The van der Waals surface area contributed by atoms with Crippen molar-refractivity contribution in [3.05, 3.63) is 0 Å². The van der Waals surface area contributed by atoms with Gasteiger partial charge in [0.05, 0.1) is 0 Å². The summed E-state index contributed by atoms with van der Waals surface area (Å²) in [6.45, 7) is 11.2. The molecule has 0 saturated heterocycles. The Kier molecular flexibility index (Phi) is 5.33. The van der Waals surface area contributed by atoms with Crippen LogP contribution in [0, 0.1) is 17.3 Å². The zero-order valence-corrected chi connectivity index (χ0v) is 10.1. The minimum absolute atomic E-state index is 0.0179. The molecule has 0 unspecified atom stereocenters. The first kappa shape index (κ1) is 11.8. The SMILES string of the molecule is C[Si](C)CCCC#CC(C)(C)C. The van der Waals surface area contributed by atoms with Gasteiger partial charge in [0, 0.05) is 20.6 Å². The lowest BCUT2D eigenvalue weighted by atomic mass is 9.98. The topological polar surface area (TPSA) is 0 Å². The summed E-state index contributed by atoms with van der Waals surface area (Å²) in [5.74, 6) is 6.50. The molecule has 0 bridgehead atoms. The quantitative estimate of drug-likeness (QED) is 0.355. The molecule has 0 rings (SSSR count). The van der Waals surface area contributed by atoms with Gasteiger partial charge in [0.2, 0.25) is 0 Å². The molecule has 69 valence electrons. The molecule has 0 saturated carbocycles. The van der Waals surface area contributed by atoms with Crippen LogP contribution in [0.5, 0.6) is 0 Å². The highest BCUT2D eigenvalue weighted by Gasteiger charge is 2.02. The second kappa shape index (κ2) is 5.43. The lowest BCUT2D eigenvalue weighted by Gasteiger charge is -2.06. The summed E-state index contributed by atoms with van der Waals surface area (Å²) < 4.78 is 0. The molecule has 0 aromatic rings. The van der Waals surface area contributed by atoms with E-state index in [0.29, 0.717) is 0 Å². The Morgan fingerprint density at radius 1 is 1.17 bits per heavy atom. The fraction of sp³-hybridized carbons (Fsp3) is 0.818. The highest BCUT2D eigenvalue weighted by molar-refractivity contribution is 6.55. The van der Waals surface area contributed by atoms with Crippen LogP contribution in [0.1, 0.15) is 33.6 Å². The lowest BCUT2D eigenvalue weighted by Crippen LogP contribution is -2.00. The van der Waals surface area contributed by atoms with Crippen molar-refractivity contribution in [2.75, 3.05) is 0 Å².